The minimum Gasteiger partial charge on any atom is -0.475 e. The van der Waals surface area contributed by atoms with Gasteiger partial charge in [0.25, 0.3) is 0 Å². The molecule has 29 heavy (non-hydrogen) atoms. The molecular formula is C21H28BrIN4O2. The molecule has 0 radical (unpaired) electrons. The third kappa shape index (κ3) is 6.82. The van der Waals surface area contributed by atoms with E-state index < -0.39 is 0 Å². The highest BCUT2D eigenvalue weighted by molar-refractivity contribution is 14.0. The number of hydrogen-bond acceptors (Lipinski definition) is 4. The van der Waals surface area contributed by atoms with Gasteiger partial charge in [0.15, 0.2) is 5.96 Å². The first-order valence-electron chi connectivity index (χ1n) is 9.43. The number of methoxy groups -OCH3 is 1. The fourth-order valence-electron chi connectivity index (χ4n) is 3.07. The fourth-order valence-corrected chi connectivity index (χ4v) is 3.78. The number of halogens is 2. The van der Waals surface area contributed by atoms with Gasteiger partial charge in [-0.15, -0.1) is 24.0 Å². The van der Waals surface area contributed by atoms with Crippen molar-refractivity contribution in [1.29, 1.82) is 0 Å². The van der Waals surface area contributed by atoms with Crippen LogP contribution in [-0.4, -0.2) is 44.9 Å². The standard InChI is InChI=1S/C21H27BrN4O2.HI/c1-23-20(25-14-16-7-8-19(24-13-16)28-12-11-27-2)26-15-21(9-10-21)17-5-3-4-6-18(17)22;/h3-8,13H,9-12,14-15H2,1-2H3,(H2,23,25,26);1H. The Bertz CT molecular complexity index is 798. The van der Waals surface area contributed by atoms with Crippen LogP contribution in [0.4, 0.5) is 0 Å². The number of aromatic nitrogens is 1. The predicted octanol–water partition coefficient (Wildman–Crippen LogP) is 3.88. The molecule has 0 atom stereocenters. The van der Waals surface area contributed by atoms with Gasteiger partial charge >= 0.3 is 0 Å². The summed E-state index contributed by atoms with van der Waals surface area (Å²) in [5.41, 5.74) is 2.63. The van der Waals surface area contributed by atoms with Gasteiger partial charge in [-0.25, -0.2) is 4.98 Å². The molecule has 0 spiro atoms. The van der Waals surface area contributed by atoms with Gasteiger partial charge in [-0.05, 0) is 30.0 Å². The van der Waals surface area contributed by atoms with E-state index in [0.29, 0.717) is 25.6 Å². The number of ether oxygens (including phenoxy) is 2. The van der Waals surface area contributed by atoms with E-state index in [1.54, 1.807) is 14.2 Å². The minimum absolute atomic E-state index is 0. The second kappa shape index (κ2) is 11.7. The molecule has 0 bridgehead atoms. The third-order valence-corrected chi connectivity index (χ3v) is 5.60. The number of rotatable bonds is 9. The molecular weight excluding hydrogens is 547 g/mol. The summed E-state index contributed by atoms with van der Waals surface area (Å²) in [6, 6.07) is 12.3. The average molecular weight is 575 g/mol. The summed E-state index contributed by atoms with van der Waals surface area (Å²) in [4.78, 5) is 8.66. The zero-order chi connectivity index (χ0) is 19.8. The highest BCUT2D eigenvalue weighted by atomic mass is 127. The van der Waals surface area contributed by atoms with Crippen LogP contribution < -0.4 is 15.4 Å². The molecule has 6 nitrogen and oxygen atoms in total. The summed E-state index contributed by atoms with van der Waals surface area (Å²) in [5, 5.41) is 6.82. The van der Waals surface area contributed by atoms with Crippen LogP contribution in [0.15, 0.2) is 52.1 Å². The monoisotopic (exact) mass is 574 g/mol. The molecule has 1 heterocycles. The Hall–Kier alpha value is -1.39. The van der Waals surface area contributed by atoms with Gasteiger partial charge < -0.3 is 20.1 Å². The van der Waals surface area contributed by atoms with Crippen LogP contribution in [0.3, 0.4) is 0 Å². The van der Waals surface area contributed by atoms with Crippen LogP contribution in [0.25, 0.3) is 0 Å². The number of pyridine rings is 1. The smallest absolute Gasteiger partial charge is 0.213 e. The quantitative estimate of drug-likeness (QED) is 0.206. The van der Waals surface area contributed by atoms with Gasteiger partial charge in [0.1, 0.15) is 6.61 Å². The summed E-state index contributed by atoms with van der Waals surface area (Å²) < 4.78 is 11.6. The van der Waals surface area contributed by atoms with Crippen molar-refractivity contribution in [3.63, 3.8) is 0 Å². The largest absolute Gasteiger partial charge is 0.475 e. The molecule has 0 saturated heterocycles. The molecule has 1 aromatic heterocycles. The van der Waals surface area contributed by atoms with E-state index in [1.807, 2.05) is 18.3 Å². The van der Waals surface area contributed by atoms with Gasteiger partial charge in [-0.1, -0.05) is 40.2 Å². The first-order valence-corrected chi connectivity index (χ1v) is 10.2. The Labute approximate surface area is 198 Å². The van der Waals surface area contributed by atoms with Crippen LogP contribution in [0, 0.1) is 0 Å². The van der Waals surface area contributed by atoms with Gasteiger partial charge in [0, 0.05) is 49.4 Å². The molecule has 1 aromatic carbocycles. The predicted molar refractivity (Wildman–Crippen MR) is 130 cm³/mol. The summed E-state index contributed by atoms with van der Waals surface area (Å²) in [6.07, 6.45) is 4.19. The molecule has 1 fully saturated rings. The van der Waals surface area contributed by atoms with Crippen molar-refractivity contribution in [2.24, 2.45) is 4.99 Å². The van der Waals surface area contributed by atoms with E-state index in [-0.39, 0.29) is 29.4 Å². The highest BCUT2D eigenvalue weighted by Gasteiger charge is 2.45. The van der Waals surface area contributed by atoms with Gasteiger partial charge in [0.2, 0.25) is 5.88 Å². The van der Waals surface area contributed by atoms with Crippen molar-refractivity contribution < 1.29 is 9.47 Å². The maximum Gasteiger partial charge on any atom is 0.213 e. The molecule has 0 aliphatic heterocycles. The Morgan fingerprint density at radius 3 is 2.59 bits per heavy atom. The molecule has 1 aliphatic rings. The van der Waals surface area contributed by atoms with E-state index in [4.69, 9.17) is 9.47 Å². The van der Waals surface area contributed by atoms with Crippen molar-refractivity contribution in [1.82, 2.24) is 15.6 Å². The second-order valence-corrected chi connectivity index (χ2v) is 7.74. The lowest BCUT2D eigenvalue weighted by atomic mass is 9.96. The van der Waals surface area contributed by atoms with E-state index in [1.165, 1.54) is 22.9 Å². The number of nitrogens with zero attached hydrogens (tertiary/aromatic N) is 2. The zero-order valence-electron chi connectivity index (χ0n) is 16.8. The molecule has 8 heteroatoms. The van der Waals surface area contributed by atoms with Crippen molar-refractivity contribution in [3.05, 3.63) is 58.2 Å². The fraction of sp³-hybridized carbons (Fsp3) is 0.429. The topological polar surface area (TPSA) is 67.8 Å². The Morgan fingerprint density at radius 1 is 1.17 bits per heavy atom. The highest BCUT2D eigenvalue weighted by Crippen LogP contribution is 2.49. The maximum atomic E-state index is 5.49. The molecule has 158 valence electrons. The summed E-state index contributed by atoms with van der Waals surface area (Å²) in [6.45, 7) is 2.55. The molecule has 0 amide bonds. The molecule has 0 unspecified atom stereocenters. The van der Waals surface area contributed by atoms with Crippen LogP contribution in [0.5, 0.6) is 5.88 Å². The number of benzene rings is 1. The molecule has 1 saturated carbocycles. The molecule has 3 rings (SSSR count). The van der Waals surface area contributed by atoms with Gasteiger partial charge in [-0.2, -0.15) is 0 Å². The number of nitrogens with one attached hydrogen (secondary N) is 2. The summed E-state index contributed by atoms with van der Waals surface area (Å²) in [7, 11) is 3.44. The number of aliphatic imine (C=N–C) groups is 1. The Kier molecular flexibility index (Phi) is 9.64. The lowest BCUT2D eigenvalue weighted by molar-refractivity contribution is 0.143. The molecule has 1 aliphatic carbocycles. The lowest BCUT2D eigenvalue weighted by Gasteiger charge is -2.20. The van der Waals surface area contributed by atoms with Crippen LogP contribution in [-0.2, 0) is 16.7 Å². The Morgan fingerprint density at radius 2 is 1.97 bits per heavy atom. The van der Waals surface area contributed by atoms with Crippen molar-refractivity contribution in [3.8, 4) is 5.88 Å². The summed E-state index contributed by atoms with van der Waals surface area (Å²) >= 11 is 3.69. The summed E-state index contributed by atoms with van der Waals surface area (Å²) in [5.74, 6) is 1.39. The molecule has 2 aromatic rings. The van der Waals surface area contributed by atoms with Gasteiger partial charge in [0.05, 0.1) is 6.61 Å². The zero-order valence-corrected chi connectivity index (χ0v) is 20.7. The van der Waals surface area contributed by atoms with Crippen LogP contribution in [0.1, 0.15) is 24.0 Å². The van der Waals surface area contributed by atoms with E-state index in [2.05, 4.69) is 60.8 Å². The van der Waals surface area contributed by atoms with Gasteiger partial charge in [-0.3, -0.25) is 4.99 Å². The van der Waals surface area contributed by atoms with Crippen molar-refractivity contribution >= 4 is 45.9 Å². The van der Waals surface area contributed by atoms with Crippen LogP contribution >= 0.6 is 39.9 Å². The second-order valence-electron chi connectivity index (χ2n) is 6.89. The van der Waals surface area contributed by atoms with Crippen molar-refractivity contribution in [2.45, 2.75) is 24.8 Å². The maximum absolute atomic E-state index is 5.49. The third-order valence-electron chi connectivity index (χ3n) is 4.91. The normalized spacial score (nSPS) is 14.7. The first kappa shape index (κ1) is 23.9. The first-order chi connectivity index (χ1) is 13.7. The minimum atomic E-state index is 0. The number of hydrogen-bond donors (Lipinski definition) is 2. The molecule has 2 N–H and O–H groups in total. The van der Waals surface area contributed by atoms with E-state index in [9.17, 15) is 0 Å². The van der Waals surface area contributed by atoms with Crippen LogP contribution in [0.2, 0.25) is 0 Å². The number of guanidine groups is 1. The van der Waals surface area contributed by atoms with E-state index in [0.717, 1.165) is 18.1 Å². The van der Waals surface area contributed by atoms with Crippen molar-refractivity contribution in [2.75, 3.05) is 33.9 Å². The Balaban J connectivity index is 0.00000300. The average Bonchev–Trinajstić information content (AvgIpc) is 3.50. The SMILES string of the molecule is CN=C(NCc1ccc(OCCOC)nc1)NCC1(c2ccccc2Br)CC1.I. The van der Waals surface area contributed by atoms with E-state index >= 15 is 0 Å². The lowest BCUT2D eigenvalue weighted by Crippen LogP contribution is -2.41.